The molecule has 0 aliphatic carbocycles. The van der Waals surface area contributed by atoms with E-state index in [1.165, 1.54) is 24.3 Å². The van der Waals surface area contributed by atoms with Gasteiger partial charge in [-0.15, -0.1) is 20.5 Å². The molecule has 0 atom stereocenters. The number of hydrogen-bond acceptors (Lipinski definition) is 23. The second-order valence-electron chi connectivity index (χ2n) is 14.4. The molecular formula is C45H28N10Na4O13S4. The van der Waals surface area contributed by atoms with Gasteiger partial charge in [0.15, 0.2) is 0 Å². The normalized spacial score (nSPS) is 11.6. The van der Waals surface area contributed by atoms with Crippen molar-refractivity contribution < 1.29 is 178 Å². The van der Waals surface area contributed by atoms with Gasteiger partial charge in [-0.3, -0.25) is 10.1 Å². The molecule has 76 heavy (non-hydrogen) atoms. The molecule has 0 unspecified atom stereocenters. The van der Waals surface area contributed by atoms with Crippen molar-refractivity contribution in [2.24, 2.45) is 40.9 Å². The number of carbonyl (C=O) groups is 1. The summed E-state index contributed by atoms with van der Waals surface area (Å²) in [5.41, 5.74) is 3.85. The molecule has 0 saturated carbocycles. The average molecular weight is 1140 g/mol. The number of amides is 2. The second-order valence-corrected chi connectivity index (χ2v) is 18.7. The van der Waals surface area contributed by atoms with Crippen LogP contribution in [0.3, 0.4) is 0 Å². The zero-order chi connectivity index (χ0) is 50.7. The number of nitrogens with zero attached hydrogens (tertiary/aromatic N) is 8. The quantitative estimate of drug-likeness (QED) is 0.0275. The minimum absolute atomic E-state index is 0. The van der Waals surface area contributed by atoms with Crippen LogP contribution in [0.1, 0.15) is 0 Å². The number of nitrogens with one attached hydrogen (secondary N) is 2. The van der Waals surface area contributed by atoms with Gasteiger partial charge < -0.3 is 30.3 Å². The fourth-order valence-corrected chi connectivity index (χ4v) is 8.18. The van der Waals surface area contributed by atoms with Crippen LogP contribution in [0.15, 0.2) is 218 Å². The van der Waals surface area contributed by atoms with Crippen molar-refractivity contribution in [3.05, 3.63) is 158 Å². The summed E-state index contributed by atoms with van der Waals surface area (Å²) in [5.74, 6) is 0. The van der Waals surface area contributed by atoms with Crippen LogP contribution >= 0.6 is 24.1 Å². The van der Waals surface area contributed by atoms with Crippen LogP contribution in [0.2, 0.25) is 0 Å². The van der Waals surface area contributed by atoms with Crippen LogP contribution in [0.25, 0.3) is 21.5 Å². The van der Waals surface area contributed by atoms with Crippen LogP contribution in [-0.4, -0.2) is 32.0 Å². The molecule has 364 valence electrons. The summed E-state index contributed by atoms with van der Waals surface area (Å²) in [5, 5.41) is 69.1. The van der Waals surface area contributed by atoms with Crippen molar-refractivity contribution in [2.45, 2.75) is 19.6 Å². The molecule has 23 nitrogen and oxygen atoms in total. The topological polar surface area (TPSA) is 337 Å². The SMILES string of the molecule is O=C(Nc1ccc(N=Nc2ccc(N=Nc3ccc(SOO[O-])cc3)c3cc(SOO[O-])ccc23)cc1)Nc1ccc(N=Nc2ccc(N=Nc3ccc(S(=O)(=O)[O-])cc3)c3cc(S(=O)(=O)[O-])ccc23)cc1.[Na+].[Na+].[Na+].[Na+]. The molecule has 2 amide bonds. The maximum Gasteiger partial charge on any atom is 1.00 e. The van der Waals surface area contributed by atoms with Gasteiger partial charge >= 0.3 is 124 Å². The van der Waals surface area contributed by atoms with E-state index in [-0.39, 0.29) is 141 Å². The minimum atomic E-state index is -4.86. The summed E-state index contributed by atoms with van der Waals surface area (Å²) in [6, 6.07) is 39.0. The molecule has 8 aromatic rings. The van der Waals surface area contributed by atoms with Gasteiger partial charge in [0, 0.05) is 42.7 Å². The summed E-state index contributed by atoms with van der Waals surface area (Å²) >= 11 is 1.45. The predicted octanol–water partition coefficient (Wildman–Crippen LogP) is -0.416. The van der Waals surface area contributed by atoms with Crippen molar-refractivity contribution in [3.63, 3.8) is 0 Å². The molecular weight excluding hydrogens is 1110 g/mol. The second kappa shape index (κ2) is 30.6. The third-order valence-electron chi connectivity index (χ3n) is 9.79. The van der Waals surface area contributed by atoms with E-state index in [1.807, 2.05) is 0 Å². The molecule has 0 heterocycles. The van der Waals surface area contributed by atoms with Gasteiger partial charge in [-0.25, -0.2) is 21.6 Å². The Morgan fingerprint density at radius 1 is 0.395 bits per heavy atom. The molecule has 8 rings (SSSR count). The van der Waals surface area contributed by atoms with Crippen LogP contribution in [0, 0.1) is 0 Å². The van der Waals surface area contributed by atoms with Crippen molar-refractivity contribution in [1.82, 2.24) is 0 Å². The molecule has 2 N–H and O–H groups in total. The van der Waals surface area contributed by atoms with E-state index in [9.17, 15) is 41.3 Å². The van der Waals surface area contributed by atoms with Gasteiger partial charge in [0.1, 0.15) is 20.2 Å². The van der Waals surface area contributed by atoms with E-state index >= 15 is 0 Å². The number of carbonyl (C=O) groups excluding carboxylic acids is 1. The summed E-state index contributed by atoms with van der Waals surface area (Å²) in [4.78, 5) is 13.1. The molecule has 0 aromatic heterocycles. The zero-order valence-corrected chi connectivity index (χ0v) is 51.3. The Bertz CT molecular complexity index is 3650. The molecule has 0 bridgehead atoms. The van der Waals surface area contributed by atoms with E-state index < -0.39 is 36.1 Å². The molecule has 31 heteroatoms. The van der Waals surface area contributed by atoms with Gasteiger partial charge in [0.05, 0.1) is 79.4 Å². The van der Waals surface area contributed by atoms with E-state index in [0.717, 1.165) is 36.3 Å². The number of anilines is 2. The van der Waals surface area contributed by atoms with E-state index in [2.05, 4.69) is 70.3 Å². The first-order chi connectivity index (χ1) is 34.7. The molecule has 0 spiro atoms. The van der Waals surface area contributed by atoms with Crippen LogP contribution < -0.4 is 139 Å². The number of hydrogen-bond donors (Lipinski definition) is 2. The third kappa shape index (κ3) is 18.1. The smallest absolute Gasteiger partial charge is 0.744 e. The number of azo groups is 4. The molecule has 0 aliphatic heterocycles. The molecule has 8 aromatic carbocycles. The number of benzene rings is 8. The van der Waals surface area contributed by atoms with Crippen molar-refractivity contribution in [2.75, 3.05) is 10.6 Å². The Hall–Kier alpha value is -3.77. The molecule has 0 aliphatic rings. The summed E-state index contributed by atoms with van der Waals surface area (Å²) < 4.78 is 78.3. The van der Waals surface area contributed by atoms with Crippen molar-refractivity contribution in [1.29, 1.82) is 0 Å². The van der Waals surface area contributed by atoms with Crippen LogP contribution in [0.5, 0.6) is 0 Å². The Labute approximate surface area is 529 Å². The van der Waals surface area contributed by atoms with Gasteiger partial charge in [0.25, 0.3) is 0 Å². The molecule has 0 saturated heterocycles. The number of fused-ring (bicyclic) bond motifs is 2. The van der Waals surface area contributed by atoms with E-state index in [1.54, 1.807) is 109 Å². The Balaban J connectivity index is 0.00000312. The maximum atomic E-state index is 12.9. The predicted molar refractivity (Wildman–Crippen MR) is 255 cm³/mol. The van der Waals surface area contributed by atoms with E-state index in [0.29, 0.717) is 77.8 Å². The van der Waals surface area contributed by atoms with Crippen LogP contribution in [-0.2, 0) is 39.0 Å². The fraction of sp³-hybridized carbons (Fsp3) is 0. The van der Waals surface area contributed by atoms with Crippen molar-refractivity contribution >= 4 is 129 Å². The Morgan fingerprint density at radius 3 is 1.13 bits per heavy atom. The van der Waals surface area contributed by atoms with Gasteiger partial charge in [0.2, 0.25) is 0 Å². The Morgan fingerprint density at radius 2 is 0.724 bits per heavy atom. The van der Waals surface area contributed by atoms with Gasteiger partial charge in [-0.05, 0) is 146 Å². The fourth-order valence-electron chi connectivity index (χ4n) is 6.47. The zero-order valence-electron chi connectivity index (χ0n) is 40.0. The maximum absolute atomic E-state index is 12.9. The summed E-state index contributed by atoms with van der Waals surface area (Å²) in [6.07, 6.45) is 0. The first-order valence-corrected chi connectivity index (χ1v) is 24.5. The molecule has 0 radical (unpaired) electrons. The molecule has 0 fully saturated rings. The van der Waals surface area contributed by atoms with Gasteiger partial charge in [-0.1, -0.05) is 12.1 Å². The van der Waals surface area contributed by atoms with Crippen molar-refractivity contribution in [3.8, 4) is 0 Å². The summed E-state index contributed by atoms with van der Waals surface area (Å²) in [6.45, 7) is 0. The minimum Gasteiger partial charge on any atom is -0.744 e. The first kappa shape index (κ1) is 64.8. The van der Waals surface area contributed by atoms with Crippen LogP contribution in [0.4, 0.5) is 61.7 Å². The number of rotatable bonds is 18. The number of urea groups is 1. The summed E-state index contributed by atoms with van der Waals surface area (Å²) in [7, 11) is -9.53. The van der Waals surface area contributed by atoms with E-state index in [4.69, 9.17) is 0 Å². The third-order valence-corrected chi connectivity index (χ3v) is 12.6. The monoisotopic (exact) mass is 1140 g/mol. The first-order valence-electron chi connectivity index (χ1n) is 20.2. The average Bonchev–Trinajstić information content (AvgIpc) is 3.38. The standard InChI is InChI=1S/C45H32N10O13S4.4Na/c56-45(46-27-1-5-29(6-2-27)48-52-41-21-23-43(39-25-34(70-68-66-58)15-19-37(39)41)54-50-31-9-13-33(14-10-31)69-67-65-57)47-28-3-7-30(8-4-28)49-53-42-22-24-44(40-26-36(72(62,63)64)18-20-38(40)42)55-51-32-11-16-35(17-12-32)71(59,60)61;;;;/h1-26,57-58H,(H2,46,47,56)(H,59,60,61)(H,62,63,64);;;;/q;4*+1/p-4. The largest absolute Gasteiger partial charge is 1.00 e. The Kier molecular flexibility index (Phi) is 26.0. The van der Waals surface area contributed by atoms with Gasteiger partial charge in [-0.2, -0.15) is 29.1 Å².